The number of aryl methyl sites for hydroxylation is 1. The first-order chi connectivity index (χ1) is 7.18. The Morgan fingerprint density at radius 1 is 1.13 bits per heavy atom. The Balaban J connectivity index is 2.59. The Morgan fingerprint density at radius 2 is 1.80 bits per heavy atom. The van der Waals surface area contributed by atoms with Gasteiger partial charge in [-0.25, -0.2) is 4.98 Å². The van der Waals surface area contributed by atoms with Crippen LogP contribution in [-0.2, 0) is 0 Å². The minimum absolute atomic E-state index is 0.340. The lowest BCUT2D eigenvalue weighted by Crippen LogP contribution is -1.89. The molecule has 2 aromatic rings. The molecule has 0 atom stereocenters. The lowest BCUT2D eigenvalue weighted by Gasteiger charge is -2.06. The van der Waals surface area contributed by atoms with E-state index in [2.05, 4.69) is 9.97 Å². The second-order valence-corrected chi connectivity index (χ2v) is 3.90. The molecule has 4 heteroatoms. The van der Waals surface area contributed by atoms with Crippen molar-refractivity contribution < 1.29 is 0 Å². The fraction of sp³-hybridized carbons (Fsp3) is 0.0909. The molecule has 2 rings (SSSR count). The van der Waals surface area contributed by atoms with Gasteiger partial charge in [0.15, 0.2) is 0 Å². The first-order valence-corrected chi connectivity index (χ1v) is 5.17. The Morgan fingerprint density at radius 3 is 2.47 bits per heavy atom. The Labute approximate surface area is 97.9 Å². The fourth-order valence-electron chi connectivity index (χ4n) is 1.38. The summed E-state index contributed by atoms with van der Waals surface area (Å²) in [5, 5.41) is 0.807. The summed E-state index contributed by atoms with van der Waals surface area (Å²) in [4.78, 5) is 8.12. The summed E-state index contributed by atoms with van der Waals surface area (Å²) < 4.78 is 0. The molecule has 0 aliphatic heterocycles. The number of aromatic nitrogens is 2. The first-order valence-electron chi connectivity index (χ1n) is 4.41. The summed E-state index contributed by atoms with van der Waals surface area (Å²) in [6, 6.07) is 5.64. The third kappa shape index (κ3) is 2.11. The zero-order valence-corrected chi connectivity index (χ0v) is 9.55. The van der Waals surface area contributed by atoms with Crippen LogP contribution < -0.4 is 0 Å². The molecule has 76 valence electrons. The van der Waals surface area contributed by atoms with Gasteiger partial charge in [-0.05, 0) is 30.7 Å². The Hall–Kier alpha value is -1.12. The molecular weight excluding hydrogens is 231 g/mol. The van der Waals surface area contributed by atoms with Gasteiger partial charge in [0, 0.05) is 23.7 Å². The Kier molecular flexibility index (Phi) is 2.89. The van der Waals surface area contributed by atoms with Gasteiger partial charge in [-0.2, -0.15) is 0 Å². The van der Waals surface area contributed by atoms with Crippen LogP contribution in [0, 0.1) is 6.92 Å². The quantitative estimate of drug-likeness (QED) is 0.708. The van der Waals surface area contributed by atoms with E-state index in [0.29, 0.717) is 10.2 Å². The SMILES string of the molecule is Cc1nc(Cl)c(Cl)cc1-c1ccncc1. The van der Waals surface area contributed by atoms with E-state index < -0.39 is 0 Å². The van der Waals surface area contributed by atoms with Crippen LogP contribution in [-0.4, -0.2) is 9.97 Å². The molecule has 0 unspecified atom stereocenters. The van der Waals surface area contributed by atoms with Crippen LogP contribution in [0.3, 0.4) is 0 Å². The van der Waals surface area contributed by atoms with Crippen molar-refractivity contribution in [3.8, 4) is 11.1 Å². The minimum atomic E-state index is 0.340. The van der Waals surface area contributed by atoms with Crippen LogP contribution in [0.1, 0.15) is 5.69 Å². The molecule has 0 bridgehead atoms. The number of nitrogens with zero attached hydrogens (tertiary/aromatic N) is 2. The second kappa shape index (κ2) is 4.17. The largest absolute Gasteiger partial charge is 0.265 e. The summed E-state index contributed by atoms with van der Waals surface area (Å²) >= 11 is 11.7. The van der Waals surface area contributed by atoms with Gasteiger partial charge in [0.25, 0.3) is 0 Å². The van der Waals surface area contributed by atoms with Gasteiger partial charge in [-0.1, -0.05) is 23.2 Å². The van der Waals surface area contributed by atoms with Crippen molar-refractivity contribution >= 4 is 23.2 Å². The molecule has 0 aromatic carbocycles. The maximum absolute atomic E-state index is 5.93. The third-order valence-electron chi connectivity index (χ3n) is 2.12. The molecule has 15 heavy (non-hydrogen) atoms. The molecule has 2 nitrogen and oxygen atoms in total. The molecule has 0 amide bonds. The van der Waals surface area contributed by atoms with Crippen molar-refractivity contribution in [1.29, 1.82) is 0 Å². The van der Waals surface area contributed by atoms with Crippen LogP contribution in [0.25, 0.3) is 11.1 Å². The first kappa shape index (κ1) is 10.4. The highest BCUT2D eigenvalue weighted by atomic mass is 35.5. The van der Waals surface area contributed by atoms with E-state index in [9.17, 15) is 0 Å². The summed E-state index contributed by atoms with van der Waals surface area (Å²) in [5.74, 6) is 0. The molecule has 0 N–H and O–H groups in total. The lowest BCUT2D eigenvalue weighted by atomic mass is 10.1. The number of halogens is 2. The highest BCUT2D eigenvalue weighted by molar-refractivity contribution is 6.41. The summed E-state index contributed by atoms with van der Waals surface area (Å²) in [7, 11) is 0. The number of hydrogen-bond donors (Lipinski definition) is 0. The second-order valence-electron chi connectivity index (χ2n) is 3.13. The van der Waals surface area contributed by atoms with Gasteiger partial charge in [0.1, 0.15) is 5.15 Å². The minimum Gasteiger partial charge on any atom is -0.265 e. The molecule has 0 saturated heterocycles. The van der Waals surface area contributed by atoms with Crippen LogP contribution in [0.15, 0.2) is 30.6 Å². The van der Waals surface area contributed by atoms with Crippen molar-refractivity contribution in [2.75, 3.05) is 0 Å². The zero-order valence-electron chi connectivity index (χ0n) is 8.04. The third-order valence-corrected chi connectivity index (χ3v) is 2.79. The summed E-state index contributed by atoms with van der Waals surface area (Å²) in [5.41, 5.74) is 2.87. The van der Waals surface area contributed by atoms with Crippen molar-refractivity contribution in [3.63, 3.8) is 0 Å². The predicted octanol–water partition coefficient (Wildman–Crippen LogP) is 3.76. The van der Waals surface area contributed by atoms with Gasteiger partial charge >= 0.3 is 0 Å². The van der Waals surface area contributed by atoms with E-state index >= 15 is 0 Å². The molecule has 0 aliphatic carbocycles. The van der Waals surface area contributed by atoms with E-state index in [1.54, 1.807) is 12.4 Å². The summed E-state index contributed by atoms with van der Waals surface area (Å²) in [6.07, 6.45) is 3.47. The fourth-order valence-corrected chi connectivity index (χ4v) is 1.71. The molecule has 2 heterocycles. The van der Waals surface area contributed by atoms with E-state index in [1.807, 2.05) is 25.1 Å². The summed E-state index contributed by atoms with van der Waals surface area (Å²) in [6.45, 7) is 1.90. The Bertz CT molecular complexity index is 483. The zero-order chi connectivity index (χ0) is 10.8. The predicted molar refractivity (Wildman–Crippen MR) is 62.2 cm³/mol. The maximum atomic E-state index is 5.93. The number of hydrogen-bond acceptors (Lipinski definition) is 2. The van der Waals surface area contributed by atoms with Crippen molar-refractivity contribution in [1.82, 2.24) is 9.97 Å². The van der Waals surface area contributed by atoms with Gasteiger partial charge in [0.2, 0.25) is 0 Å². The van der Waals surface area contributed by atoms with Gasteiger partial charge < -0.3 is 0 Å². The maximum Gasteiger partial charge on any atom is 0.147 e. The standard InChI is InChI=1S/C11H8Cl2N2/c1-7-9(6-10(12)11(13)15-7)8-2-4-14-5-3-8/h2-6H,1H3. The van der Waals surface area contributed by atoms with Crippen molar-refractivity contribution in [3.05, 3.63) is 46.5 Å². The van der Waals surface area contributed by atoms with Gasteiger partial charge in [-0.3, -0.25) is 4.98 Å². The lowest BCUT2D eigenvalue weighted by molar-refractivity contribution is 1.20. The molecule has 2 aromatic heterocycles. The molecule has 0 spiro atoms. The average Bonchev–Trinajstić information content (AvgIpc) is 2.25. The molecule has 0 aliphatic rings. The van der Waals surface area contributed by atoms with E-state index in [0.717, 1.165) is 16.8 Å². The highest BCUT2D eigenvalue weighted by Gasteiger charge is 2.07. The van der Waals surface area contributed by atoms with Gasteiger partial charge in [-0.15, -0.1) is 0 Å². The van der Waals surface area contributed by atoms with E-state index in [4.69, 9.17) is 23.2 Å². The monoisotopic (exact) mass is 238 g/mol. The molecular formula is C11H8Cl2N2. The van der Waals surface area contributed by atoms with Crippen LogP contribution >= 0.6 is 23.2 Å². The van der Waals surface area contributed by atoms with E-state index in [-0.39, 0.29) is 0 Å². The normalized spacial score (nSPS) is 10.3. The van der Waals surface area contributed by atoms with E-state index in [1.165, 1.54) is 0 Å². The smallest absolute Gasteiger partial charge is 0.147 e. The topological polar surface area (TPSA) is 25.8 Å². The van der Waals surface area contributed by atoms with Gasteiger partial charge in [0.05, 0.1) is 5.02 Å². The average molecular weight is 239 g/mol. The van der Waals surface area contributed by atoms with Crippen LogP contribution in [0.5, 0.6) is 0 Å². The number of rotatable bonds is 1. The van der Waals surface area contributed by atoms with Crippen LogP contribution in [0.2, 0.25) is 10.2 Å². The number of pyridine rings is 2. The molecule has 0 fully saturated rings. The van der Waals surface area contributed by atoms with Crippen LogP contribution in [0.4, 0.5) is 0 Å². The highest BCUT2D eigenvalue weighted by Crippen LogP contribution is 2.28. The van der Waals surface area contributed by atoms with Crippen molar-refractivity contribution in [2.24, 2.45) is 0 Å². The van der Waals surface area contributed by atoms with Crippen molar-refractivity contribution in [2.45, 2.75) is 6.92 Å². The molecule has 0 radical (unpaired) electrons. The molecule has 0 saturated carbocycles.